The third-order valence-electron chi connectivity index (χ3n) is 3.79. The van der Waals surface area contributed by atoms with Crippen LogP contribution < -0.4 is 15.0 Å². The van der Waals surface area contributed by atoms with E-state index in [0.29, 0.717) is 32.8 Å². The molecule has 1 aliphatic heterocycles. The maximum Gasteiger partial charge on any atom is 0.281 e. The first-order valence-electron chi connectivity index (χ1n) is 7.41. The van der Waals surface area contributed by atoms with Crippen molar-refractivity contribution in [2.24, 2.45) is 0 Å². The Morgan fingerprint density at radius 2 is 2.04 bits per heavy atom. The monoisotopic (exact) mass is 374 g/mol. The van der Waals surface area contributed by atoms with Crippen molar-refractivity contribution in [1.29, 1.82) is 0 Å². The first-order chi connectivity index (χ1) is 11.9. The maximum atomic E-state index is 12.8. The molecule has 2 aromatic carbocycles. The number of thiocarbonyl (C=S) groups is 1. The number of phenols is 1. The van der Waals surface area contributed by atoms with Crippen LogP contribution in [-0.2, 0) is 4.79 Å². The molecule has 1 amide bonds. The Kier molecular flexibility index (Phi) is 4.65. The van der Waals surface area contributed by atoms with Crippen LogP contribution in [0.15, 0.2) is 42.1 Å². The third kappa shape index (κ3) is 3.31. The van der Waals surface area contributed by atoms with Gasteiger partial charge in [0.15, 0.2) is 16.6 Å². The summed E-state index contributed by atoms with van der Waals surface area (Å²) < 4.78 is 5.01. The first kappa shape index (κ1) is 17.3. The van der Waals surface area contributed by atoms with Crippen LogP contribution in [0.4, 0.5) is 5.69 Å². The van der Waals surface area contributed by atoms with Crippen LogP contribution in [0.5, 0.6) is 11.5 Å². The number of nitrogens with zero attached hydrogens (tertiary/aromatic N) is 1. The first-order valence-corrected chi connectivity index (χ1v) is 8.19. The average molecular weight is 375 g/mol. The molecule has 128 valence electrons. The van der Waals surface area contributed by atoms with Crippen LogP contribution in [0.25, 0.3) is 6.08 Å². The molecule has 2 N–H and O–H groups in total. The van der Waals surface area contributed by atoms with Gasteiger partial charge in [0, 0.05) is 5.02 Å². The van der Waals surface area contributed by atoms with Gasteiger partial charge in [-0.05, 0) is 66.7 Å². The van der Waals surface area contributed by atoms with Crippen molar-refractivity contribution < 1.29 is 14.6 Å². The summed E-state index contributed by atoms with van der Waals surface area (Å²) in [5.41, 5.74) is 2.48. The Morgan fingerprint density at radius 3 is 2.68 bits per heavy atom. The average Bonchev–Trinajstić information content (AvgIpc) is 2.82. The van der Waals surface area contributed by atoms with Gasteiger partial charge >= 0.3 is 0 Å². The highest BCUT2D eigenvalue weighted by atomic mass is 35.5. The van der Waals surface area contributed by atoms with Crippen LogP contribution >= 0.6 is 23.8 Å². The minimum Gasteiger partial charge on any atom is -0.504 e. The van der Waals surface area contributed by atoms with E-state index in [2.05, 4.69) is 5.32 Å². The number of hydrogen-bond acceptors (Lipinski definition) is 4. The summed E-state index contributed by atoms with van der Waals surface area (Å²) in [4.78, 5) is 14.2. The molecule has 0 unspecified atom stereocenters. The molecule has 0 aliphatic carbocycles. The molecule has 2 aromatic rings. The fraction of sp³-hybridized carbons (Fsp3) is 0.111. The Bertz CT molecular complexity index is 911. The Hall–Kier alpha value is -2.57. The van der Waals surface area contributed by atoms with Gasteiger partial charge in [-0.1, -0.05) is 17.7 Å². The number of methoxy groups -OCH3 is 1. The fourth-order valence-corrected chi connectivity index (χ4v) is 3.10. The molecule has 0 radical (unpaired) electrons. The lowest BCUT2D eigenvalue weighted by atomic mass is 10.1. The van der Waals surface area contributed by atoms with E-state index in [-0.39, 0.29) is 11.7 Å². The largest absolute Gasteiger partial charge is 0.504 e. The molecule has 0 spiro atoms. The fourth-order valence-electron chi connectivity index (χ4n) is 2.59. The van der Waals surface area contributed by atoms with Gasteiger partial charge in [-0.15, -0.1) is 0 Å². The number of phenolic OH excluding ortho intramolecular Hbond substituents is 1. The standard InChI is InChI=1S/C18H15ClN2O3S/c1-10-7-12(19)4-5-14(10)21-17(23)13(20-18(21)25)8-11-3-6-16(24-2)15(22)9-11/h3-9,22H,1-2H3,(H,20,25)/b13-8-. The number of benzene rings is 2. The number of amides is 1. The zero-order valence-electron chi connectivity index (χ0n) is 13.5. The van der Waals surface area contributed by atoms with E-state index in [9.17, 15) is 9.90 Å². The van der Waals surface area contributed by atoms with Crippen molar-refractivity contribution in [1.82, 2.24) is 5.32 Å². The van der Waals surface area contributed by atoms with Crippen LogP contribution in [0.2, 0.25) is 5.02 Å². The molecule has 1 fully saturated rings. The molecule has 25 heavy (non-hydrogen) atoms. The van der Waals surface area contributed by atoms with E-state index < -0.39 is 0 Å². The summed E-state index contributed by atoms with van der Waals surface area (Å²) in [6.45, 7) is 1.86. The number of anilines is 1. The number of aromatic hydroxyl groups is 1. The number of nitrogens with one attached hydrogen (secondary N) is 1. The van der Waals surface area contributed by atoms with E-state index >= 15 is 0 Å². The molecule has 0 saturated carbocycles. The second kappa shape index (κ2) is 6.74. The summed E-state index contributed by atoms with van der Waals surface area (Å²) in [5.74, 6) is 0.0859. The minimum atomic E-state index is -0.272. The number of carbonyl (C=O) groups is 1. The van der Waals surface area contributed by atoms with E-state index in [1.54, 1.807) is 36.4 Å². The van der Waals surface area contributed by atoms with Gasteiger partial charge in [0.1, 0.15) is 5.70 Å². The van der Waals surface area contributed by atoms with Crippen molar-refractivity contribution in [2.45, 2.75) is 6.92 Å². The predicted octanol–water partition coefficient (Wildman–Crippen LogP) is 3.62. The van der Waals surface area contributed by atoms with Crippen molar-refractivity contribution >= 4 is 46.6 Å². The molecule has 1 heterocycles. The highest BCUT2D eigenvalue weighted by Gasteiger charge is 2.32. The zero-order chi connectivity index (χ0) is 18.1. The van der Waals surface area contributed by atoms with Gasteiger partial charge in [-0.3, -0.25) is 9.69 Å². The van der Waals surface area contributed by atoms with E-state index in [1.165, 1.54) is 18.1 Å². The summed E-state index contributed by atoms with van der Waals surface area (Å²) in [5, 5.41) is 13.7. The molecule has 0 aromatic heterocycles. The number of ether oxygens (including phenoxy) is 1. The number of hydrogen-bond donors (Lipinski definition) is 2. The van der Waals surface area contributed by atoms with Crippen molar-refractivity contribution in [3.63, 3.8) is 0 Å². The Balaban J connectivity index is 1.94. The van der Waals surface area contributed by atoms with Crippen molar-refractivity contribution in [3.05, 3.63) is 58.2 Å². The lowest BCUT2D eigenvalue weighted by molar-refractivity contribution is -0.113. The number of aryl methyl sites for hydroxylation is 1. The smallest absolute Gasteiger partial charge is 0.281 e. The van der Waals surface area contributed by atoms with Gasteiger partial charge in [0.25, 0.3) is 5.91 Å². The zero-order valence-corrected chi connectivity index (χ0v) is 15.1. The number of carbonyl (C=O) groups excluding carboxylic acids is 1. The van der Waals surface area contributed by atoms with Gasteiger partial charge in [0.05, 0.1) is 12.8 Å². The lowest BCUT2D eigenvalue weighted by Gasteiger charge is -2.16. The topological polar surface area (TPSA) is 61.8 Å². The van der Waals surface area contributed by atoms with Gasteiger partial charge in [-0.2, -0.15) is 0 Å². The Labute approximate surface area is 155 Å². The van der Waals surface area contributed by atoms with E-state index in [4.69, 9.17) is 28.6 Å². The third-order valence-corrected chi connectivity index (χ3v) is 4.31. The summed E-state index contributed by atoms with van der Waals surface area (Å²) in [7, 11) is 1.47. The van der Waals surface area contributed by atoms with Crippen molar-refractivity contribution in [3.8, 4) is 11.5 Å². The van der Waals surface area contributed by atoms with Gasteiger partial charge < -0.3 is 15.2 Å². The molecule has 0 bridgehead atoms. The van der Waals surface area contributed by atoms with Gasteiger partial charge in [0.2, 0.25) is 0 Å². The Morgan fingerprint density at radius 1 is 1.28 bits per heavy atom. The lowest BCUT2D eigenvalue weighted by Crippen LogP contribution is -2.30. The molecule has 1 aliphatic rings. The summed E-state index contributed by atoms with van der Waals surface area (Å²) in [6, 6.07) is 10.1. The second-order valence-corrected chi connectivity index (χ2v) is 6.31. The second-order valence-electron chi connectivity index (χ2n) is 5.49. The maximum absolute atomic E-state index is 12.8. The summed E-state index contributed by atoms with van der Waals surface area (Å²) >= 11 is 11.3. The van der Waals surface area contributed by atoms with Crippen molar-refractivity contribution in [2.75, 3.05) is 12.0 Å². The summed E-state index contributed by atoms with van der Waals surface area (Å²) in [6.07, 6.45) is 1.62. The molecular formula is C18H15ClN2O3S. The number of halogens is 1. The molecule has 7 heteroatoms. The SMILES string of the molecule is COc1ccc(/C=C2\NC(=S)N(c3ccc(Cl)cc3C)C2=O)cc1O. The molecule has 1 saturated heterocycles. The quantitative estimate of drug-likeness (QED) is 0.634. The molecule has 3 rings (SSSR count). The highest BCUT2D eigenvalue weighted by Crippen LogP contribution is 2.30. The van der Waals surface area contributed by atoms with Crippen LogP contribution in [0.1, 0.15) is 11.1 Å². The van der Waals surface area contributed by atoms with Crippen LogP contribution in [0, 0.1) is 6.92 Å². The van der Waals surface area contributed by atoms with E-state index in [1.807, 2.05) is 6.92 Å². The molecule has 5 nitrogen and oxygen atoms in total. The van der Waals surface area contributed by atoms with E-state index in [0.717, 1.165) is 5.56 Å². The minimum absolute atomic E-state index is 0.00438. The normalized spacial score (nSPS) is 15.6. The van der Waals surface area contributed by atoms with Crippen LogP contribution in [0.3, 0.4) is 0 Å². The molecule has 0 atom stereocenters. The highest BCUT2D eigenvalue weighted by molar-refractivity contribution is 7.80. The van der Waals surface area contributed by atoms with Crippen LogP contribution in [-0.4, -0.2) is 23.2 Å². The molecular weight excluding hydrogens is 360 g/mol. The van der Waals surface area contributed by atoms with Gasteiger partial charge in [-0.25, -0.2) is 0 Å². The predicted molar refractivity (Wildman–Crippen MR) is 102 cm³/mol. The number of rotatable bonds is 3.